The molecule has 2 unspecified atom stereocenters. The Labute approximate surface area is 125 Å². The van der Waals surface area contributed by atoms with Crippen LogP contribution in [-0.4, -0.2) is 23.8 Å². The standard InChI is InChI=1S/C16H23ClN2O/c1-11-8-14(18)13(17)9-15(11)19-7-6-16(20)5-3-2-4-12(16)10-19/h8-9,12,20H,2-7,10,18H2,1H3. The van der Waals surface area contributed by atoms with Gasteiger partial charge in [-0.05, 0) is 43.9 Å². The van der Waals surface area contributed by atoms with Gasteiger partial charge in [-0.25, -0.2) is 0 Å². The number of aryl methyl sites for hydroxylation is 1. The summed E-state index contributed by atoms with van der Waals surface area (Å²) >= 11 is 6.17. The summed E-state index contributed by atoms with van der Waals surface area (Å²) in [6.45, 7) is 3.90. The SMILES string of the molecule is Cc1cc(N)c(Cl)cc1N1CCC2(O)CCCCC2C1. The van der Waals surface area contributed by atoms with Gasteiger partial charge < -0.3 is 15.7 Å². The highest BCUT2D eigenvalue weighted by molar-refractivity contribution is 6.33. The van der Waals surface area contributed by atoms with Crippen LogP contribution >= 0.6 is 11.6 Å². The first kappa shape index (κ1) is 14.0. The molecular formula is C16H23ClN2O. The number of nitrogens with two attached hydrogens (primary N) is 1. The van der Waals surface area contributed by atoms with Crippen molar-refractivity contribution in [1.29, 1.82) is 0 Å². The van der Waals surface area contributed by atoms with Crippen molar-refractivity contribution < 1.29 is 5.11 Å². The molecule has 3 rings (SSSR count). The zero-order chi connectivity index (χ0) is 14.3. The maximum atomic E-state index is 10.8. The number of aliphatic hydroxyl groups is 1. The van der Waals surface area contributed by atoms with Crippen molar-refractivity contribution in [3.05, 3.63) is 22.7 Å². The molecule has 3 nitrogen and oxygen atoms in total. The lowest BCUT2D eigenvalue weighted by Crippen LogP contribution is -2.53. The van der Waals surface area contributed by atoms with Crippen molar-refractivity contribution in [2.24, 2.45) is 5.92 Å². The van der Waals surface area contributed by atoms with E-state index < -0.39 is 5.60 Å². The van der Waals surface area contributed by atoms with Gasteiger partial charge in [0.1, 0.15) is 0 Å². The number of anilines is 2. The maximum absolute atomic E-state index is 10.8. The number of hydrogen-bond donors (Lipinski definition) is 2. The first-order valence-corrected chi connectivity index (χ1v) is 7.90. The molecule has 0 aromatic heterocycles. The minimum Gasteiger partial charge on any atom is -0.398 e. The summed E-state index contributed by atoms with van der Waals surface area (Å²) in [6.07, 6.45) is 5.36. The van der Waals surface area contributed by atoms with E-state index in [4.69, 9.17) is 17.3 Å². The number of piperidine rings is 1. The lowest BCUT2D eigenvalue weighted by Gasteiger charge is -2.48. The lowest BCUT2D eigenvalue weighted by atomic mass is 9.71. The summed E-state index contributed by atoms with van der Waals surface area (Å²) in [5.41, 5.74) is 8.39. The van der Waals surface area contributed by atoms with Crippen molar-refractivity contribution in [1.82, 2.24) is 0 Å². The Morgan fingerprint density at radius 2 is 2.15 bits per heavy atom. The average Bonchev–Trinajstić information content (AvgIpc) is 2.42. The van der Waals surface area contributed by atoms with Gasteiger partial charge in [0, 0.05) is 24.7 Å². The highest BCUT2D eigenvalue weighted by Crippen LogP contribution is 2.42. The third-order valence-corrected chi connectivity index (χ3v) is 5.41. The minimum absolute atomic E-state index is 0.390. The molecule has 1 aromatic rings. The van der Waals surface area contributed by atoms with E-state index in [0.717, 1.165) is 43.6 Å². The number of nitrogens with zero attached hydrogens (tertiary/aromatic N) is 1. The van der Waals surface area contributed by atoms with Gasteiger partial charge in [0.25, 0.3) is 0 Å². The van der Waals surface area contributed by atoms with Crippen LogP contribution in [0.4, 0.5) is 11.4 Å². The molecule has 0 bridgehead atoms. The minimum atomic E-state index is -0.430. The molecule has 1 aromatic carbocycles. The second kappa shape index (κ2) is 5.12. The molecule has 2 aliphatic rings. The van der Waals surface area contributed by atoms with E-state index in [1.165, 1.54) is 12.8 Å². The van der Waals surface area contributed by atoms with Crippen molar-refractivity contribution in [2.75, 3.05) is 23.7 Å². The normalized spacial score (nSPS) is 30.1. The molecule has 3 N–H and O–H groups in total. The molecule has 110 valence electrons. The van der Waals surface area contributed by atoms with Crippen LogP contribution in [0.5, 0.6) is 0 Å². The number of rotatable bonds is 1. The van der Waals surface area contributed by atoms with Crippen LogP contribution in [0.2, 0.25) is 5.02 Å². The number of fused-ring (bicyclic) bond motifs is 1. The van der Waals surface area contributed by atoms with Crippen molar-refractivity contribution in [2.45, 2.75) is 44.6 Å². The van der Waals surface area contributed by atoms with E-state index in [0.29, 0.717) is 16.6 Å². The van der Waals surface area contributed by atoms with Crippen molar-refractivity contribution in [3.8, 4) is 0 Å². The topological polar surface area (TPSA) is 49.5 Å². The molecule has 0 amide bonds. The fourth-order valence-electron chi connectivity index (χ4n) is 3.82. The summed E-state index contributed by atoms with van der Waals surface area (Å²) in [5, 5.41) is 11.4. The highest BCUT2D eigenvalue weighted by atomic mass is 35.5. The first-order chi connectivity index (χ1) is 9.49. The Morgan fingerprint density at radius 1 is 1.35 bits per heavy atom. The van der Waals surface area contributed by atoms with Crippen LogP contribution in [0.25, 0.3) is 0 Å². The van der Waals surface area contributed by atoms with Crippen LogP contribution < -0.4 is 10.6 Å². The van der Waals surface area contributed by atoms with E-state index in [2.05, 4.69) is 11.8 Å². The monoisotopic (exact) mass is 294 g/mol. The number of benzene rings is 1. The second-order valence-corrected chi connectivity index (χ2v) is 6.81. The van der Waals surface area contributed by atoms with Gasteiger partial charge in [-0.1, -0.05) is 24.4 Å². The Morgan fingerprint density at radius 3 is 2.95 bits per heavy atom. The van der Waals surface area contributed by atoms with E-state index >= 15 is 0 Å². The second-order valence-electron chi connectivity index (χ2n) is 6.40. The smallest absolute Gasteiger partial charge is 0.0709 e. The number of nitrogen functional groups attached to an aromatic ring is 1. The summed E-state index contributed by atoms with van der Waals surface area (Å²) in [4.78, 5) is 2.37. The predicted molar refractivity (Wildman–Crippen MR) is 84.3 cm³/mol. The molecule has 1 aliphatic heterocycles. The molecule has 20 heavy (non-hydrogen) atoms. The van der Waals surface area contributed by atoms with E-state index in [9.17, 15) is 5.11 Å². The number of halogens is 1. The fourth-order valence-corrected chi connectivity index (χ4v) is 3.98. The summed E-state index contributed by atoms with van der Waals surface area (Å²) in [7, 11) is 0. The van der Waals surface area contributed by atoms with Crippen molar-refractivity contribution >= 4 is 23.0 Å². The molecule has 4 heteroatoms. The summed E-state index contributed by atoms with van der Waals surface area (Å²) in [6, 6.07) is 3.92. The summed E-state index contributed by atoms with van der Waals surface area (Å²) in [5.74, 6) is 0.390. The fraction of sp³-hybridized carbons (Fsp3) is 0.625. The molecular weight excluding hydrogens is 272 g/mol. The highest BCUT2D eigenvalue weighted by Gasteiger charge is 2.42. The van der Waals surface area contributed by atoms with Crippen LogP contribution in [0.3, 0.4) is 0 Å². The lowest BCUT2D eigenvalue weighted by molar-refractivity contribution is -0.0612. The third kappa shape index (κ3) is 2.38. The van der Waals surface area contributed by atoms with E-state index in [1.54, 1.807) is 0 Å². The van der Waals surface area contributed by atoms with Gasteiger partial charge in [-0.2, -0.15) is 0 Å². The van der Waals surface area contributed by atoms with E-state index in [-0.39, 0.29) is 0 Å². The number of hydrogen-bond acceptors (Lipinski definition) is 3. The predicted octanol–water partition coefficient (Wildman–Crippen LogP) is 3.36. The Hall–Kier alpha value is -0.930. The Bertz CT molecular complexity index is 519. The van der Waals surface area contributed by atoms with Gasteiger partial charge in [0.15, 0.2) is 0 Å². The van der Waals surface area contributed by atoms with Crippen LogP contribution in [0.15, 0.2) is 12.1 Å². The zero-order valence-electron chi connectivity index (χ0n) is 12.0. The third-order valence-electron chi connectivity index (χ3n) is 5.08. The van der Waals surface area contributed by atoms with Gasteiger partial charge in [-0.3, -0.25) is 0 Å². The molecule has 1 saturated carbocycles. The van der Waals surface area contributed by atoms with Crippen molar-refractivity contribution in [3.63, 3.8) is 0 Å². The Kier molecular flexibility index (Phi) is 3.59. The van der Waals surface area contributed by atoms with Gasteiger partial charge in [0.05, 0.1) is 16.3 Å². The first-order valence-electron chi connectivity index (χ1n) is 7.52. The van der Waals surface area contributed by atoms with Gasteiger partial charge in [0.2, 0.25) is 0 Å². The zero-order valence-corrected chi connectivity index (χ0v) is 12.8. The molecule has 2 fully saturated rings. The molecule has 0 radical (unpaired) electrons. The van der Waals surface area contributed by atoms with E-state index in [1.807, 2.05) is 12.1 Å². The quantitative estimate of drug-likeness (QED) is 0.781. The van der Waals surface area contributed by atoms with Gasteiger partial charge in [-0.15, -0.1) is 0 Å². The molecule has 2 atom stereocenters. The maximum Gasteiger partial charge on any atom is 0.0709 e. The molecule has 1 aliphatic carbocycles. The van der Waals surface area contributed by atoms with Crippen LogP contribution in [-0.2, 0) is 0 Å². The molecule has 1 saturated heterocycles. The molecule has 1 heterocycles. The Balaban J connectivity index is 1.84. The summed E-state index contributed by atoms with van der Waals surface area (Å²) < 4.78 is 0. The van der Waals surface area contributed by atoms with Crippen LogP contribution in [0.1, 0.15) is 37.7 Å². The van der Waals surface area contributed by atoms with Gasteiger partial charge >= 0.3 is 0 Å². The average molecular weight is 295 g/mol. The largest absolute Gasteiger partial charge is 0.398 e. The molecule has 0 spiro atoms. The van der Waals surface area contributed by atoms with Crippen LogP contribution in [0, 0.1) is 12.8 Å².